The zero-order valence-corrected chi connectivity index (χ0v) is 8.00. The lowest BCUT2D eigenvalue weighted by Crippen LogP contribution is -2.42. The Labute approximate surface area is 75.0 Å². The van der Waals surface area contributed by atoms with Crippen molar-refractivity contribution in [3.63, 3.8) is 0 Å². The van der Waals surface area contributed by atoms with Crippen LogP contribution >= 0.6 is 11.8 Å². The van der Waals surface area contributed by atoms with Crippen LogP contribution in [0.25, 0.3) is 0 Å². The van der Waals surface area contributed by atoms with Crippen molar-refractivity contribution >= 4 is 22.8 Å². The molecule has 1 fully saturated rings. The highest BCUT2D eigenvalue weighted by atomic mass is 32.2. The number of nitrogens with zero attached hydrogens (tertiary/aromatic N) is 3. The summed E-state index contributed by atoms with van der Waals surface area (Å²) in [6.07, 6.45) is 0. The van der Waals surface area contributed by atoms with Gasteiger partial charge in [0.05, 0.1) is 5.25 Å². The van der Waals surface area contributed by atoms with Crippen LogP contribution in [-0.4, -0.2) is 45.6 Å². The predicted octanol–water partition coefficient (Wildman–Crippen LogP) is 0.172. The van der Waals surface area contributed by atoms with Crippen molar-refractivity contribution < 1.29 is 10.0 Å². The van der Waals surface area contributed by atoms with E-state index in [9.17, 15) is 4.79 Å². The number of carbonyl (C=O) groups is 1. The minimum atomic E-state index is -0.168. The number of amidine groups is 1. The van der Waals surface area contributed by atoms with Crippen LogP contribution in [0.3, 0.4) is 0 Å². The number of oxime groups is 1. The highest BCUT2D eigenvalue weighted by Crippen LogP contribution is 2.26. The van der Waals surface area contributed by atoms with Crippen molar-refractivity contribution in [2.75, 3.05) is 14.1 Å². The highest BCUT2D eigenvalue weighted by molar-refractivity contribution is 8.15. The maximum atomic E-state index is 11.4. The van der Waals surface area contributed by atoms with Gasteiger partial charge >= 0.3 is 0 Å². The van der Waals surface area contributed by atoms with Crippen LogP contribution in [0.15, 0.2) is 5.16 Å². The molecule has 0 bridgehead atoms. The first-order valence-electron chi connectivity index (χ1n) is 3.48. The number of rotatable bonds is 1. The average molecular weight is 189 g/mol. The van der Waals surface area contributed by atoms with Gasteiger partial charge in [-0.2, -0.15) is 0 Å². The Bertz CT molecular complexity index is 229. The quantitative estimate of drug-likeness (QED) is 0.472. The van der Waals surface area contributed by atoms with Gasteiger partial charge in [0.25, 0.3) is 5.91 Å². The van der Waals surface area contributed by atoms with Crippen molar-refractivity contribution in [3.05, 3.63) is 0 Å². The van der Waals surface area contributed by atoms with Crippen molar-refractivity contribution in [1.29, 1.82) is 0 Å². The van der Waals surface area contributed by atoms with Crippen LogP contribution in [0.4, 0.5) is 0 Å². The van der Waals surface area contributed by atoms with E-state index in [0.717, 1.165) is 0 Å². The summed E-state index contributed by atoms with van der Waals surface area (Å²) in [6, 6.07) is 0. The molecule has 1 N–H and O–H groups in total. The first-order valence-corrected chi connectivity index (χ1v) is 4.35. The molecule has 1 aliphatic heterocycles. The zero-order chi connectivity index (χ0) is 9.30. The fourth-order valence-electron chi connectivity index (χ4n) is 0.959. The van der Waals surface area contributed by atoms with Gasteiger partial charge in [-0.15, -0.1) is 0 Å². The molecule has 1 atom stereocenters. The van der Waals surface area contributed by atoms with Gasteiger partial charge in [0.15, 0.2) is 0 Å². The van der Waals surface area contributed by atoms with E-state index in [4.69, 9.17) is 5.21 Å². The Balaban J connectivity index is 2.89. The van der Waals surface area contributed by atoms with Crippen LogP contribution in [0, 0.1) is 0 Å². The van der Waals surface area contributed by atoms with E-state index in [1.807, 2.05) is 0 Å². The van der Waals surface area contributed by atoms with Gasteiger partial charge in [0.2, 0.25) is 5.17 Å². The topological polar surface area (TPSA) is 56.1 Å². The van der Waals surface area contributed by atoms with Gasteiger partial charge in [-0.25, -0.2) is 10.0 Å². The maximum absolute atomic E-state index is 11.4. The number of hydrogen-bond acceptors (Lipinski definition) is 5. The van der Waals surface area contributed by atoms with Crippen LogP contribution in [0.5, 0.6) is 0 Å². The molecular formula is C6H11N3O2S. The highest BCUT2D eigenvalue weighted by Gasteiger charge is 2.36. The standard InChI is InChI=1S/C6H11N3O2S/c1-4-5(10)9(8(2)3)6(7-11)12-4/h4,11H,1-3H3. The van der Waals surface area contributed by atoms with E-state index < -0.39 is 0 Å². The predicted molar refractivity (Wildman–Crippen MR) is 46.8 cm³/mol. The molecule has 0 radical (unpaired) electrons. The minimum Gasteiger partial charge on any atom is -0.409 e. The van der Waals surface area contributed by atoms with Gasteiger partial charge < -0.3 is 5.21 Å². The van der Waals surface area contributed by atoms with Gasteiger partial charge in [0, 0.05) is 14.1 Å². The summed E-state index contributed by atoms with van der Waals surface area (Å²) in [5.41, 5.74) is 0. The van der Waals surface area contributed by atoms with E-state index in [1.165, 1.54) is 16.8 Å². The van der Waals surface area contributed by atoms with E-state index in [2.05, 4.69) is 5.16 Å². The summed E-state index contributed by atoms with van der Waals surface area (Å²) in [7, 11) is 3.45. The fourth-order valence-corrected chi connectivity index (χ4v) is 1.88. The van der Waals surface area contributed by atoms with Crippen molar-refractivity contribution in [2.24, 2.45) is 5.16 Å². The van der Waals surface area contributed by atoms with Crippen molar-refractivity contribution in [3.8, 4) is 0 Å². The van der Waals surface area contributed by atoms with Crippen LogP contribution in [0.1, 0.15) is 6.92 Å². The van der Waals surface area contributed by atoms with Crippen molar-refractivity contribution in [1.82, 2.24) is 10.0 Å². The molecule has 12 heavy (non-hydrogen) atoms. The van der Waals surface area contributed by atoms with E-state index in [-0.39, 0.29) is 11.2 Å². The van der Waals surface area contributed by atoms with E-state index in [1.54, 1.807) is 26.0 Å². The first-order chi connectivity index (χ1) is 5.57. The maximum Gasteiger partial charge on any atom is 0.256 e. The number of hydrogen-bond donors (Lipinski definition) is 1. The Morgan fingerprint density at radius 1 is 1.67 bits per heavy atom. The zero-order valence-electron chi connectivity index (χ0n) is 7.18. The second-order valence-corrected chi connectivity index (χ2v) is 3.95. The second-order valence-electron chi connectivity index (χ2n) is 2.64. The minimum absolute atomic E-state index is 0.0576. The summed E-state index contributed by atoms with van der Waals surface area (Å²) >= 11 is 1.24. The Kier molecular flexibility index (Phi) is 2.58. The molecule has 1 unspecified atom stereocenters. The largest absolute Gasteiger partial charge is 0.409 e. The average Bonchev–Trinajstić information content (AvgIpc) is 2.28. The smallest absolute Gasteiger partial charge is 0.256 e. The van der Waals surface area contributed by atoms with Crippen LogP contribution in [0.2, 0.25) is 0 Å². The van der Waals surface area contributed by atoms with Gasteiger partial charge in [-0.3, -0.25) is 4.79 Å². The third-order valence-corrected chi connectivity index (χ3v) is 2.53. The Morgan fingerprint density at radius 2 is 2.25 bits per heavy atom. The molecular weight excluding hydrogens is 178 g/mol. The molecule has 0 spiro atoms. The first kappa shape index (κ1) is 9.34. The molecule has 5 nitrogen and oxygen atoms in total. The molecule has 0 aromatic carbocycles. The summed E-state index contributed by atoms with van der Waals surface area (Å²) < 4.78 is 0. The van der Waals surface area contributed by atoms with E-state index in [0.29, 0.717) is 5.17 Å². The number of hydrazine groups is 1. The Morgan fingerprint density at radius 3 is 2.58 bits per heavy atom. The molecule has 1 saturated heterocycles. The molecule has 0 aromatic rings. The van der Waals surface area contributed by atoms with Gasteiger partial charge in [-0.05, 0) is 6.92 Å². The normalized spacial score (nSPS) is 27.7. The molecule has 1 aliphatic rings. The summed E-state index contributed by atoms with van der Waals surface area (Å²) in [5.74, 6) is -0.0576. The SMILES string of the molecule is CC1SC(=NO)N(N(C)C)C1=O. The van der Waals surface area contributed by atoms with Gasteiger partial charge in [-0.1, -0.05) is 16.9 Å². The van der Waals surface area contributed by atoms with Crippen molar-refractivity contribution in [2.45, 2.75) is 12.2 Å². The lowest BCUT2D eigenvalue weighted by Gasteiger charge is -2.21. The van der Waals surface area contributed by atoms with Crippen LogP contribution < -0.4 is 0 Å². The van der Waals surface area contributed by atoms with Crippen LogP contribution in [-0.2, 0) is 4.79 Å². The lowest BCUT2D eigenvalue weighted by molar-refractivity contribution is -0.134. The molecule has 0 aromatic heterocycles. The molecule has 0 aliphatic carbocycles. The second kappa shape index (κ2) is 3.32. The molecule has 1 rings (SSSR count). The lowest BCUT2D eigenvalue weighted by atomic mass is 10.4. The van der Waals surface area contributed by atoms with Gasteiger partial charge in [0.1, 0.15) is 0 Å². The summed E-state index contributed by atoms with van der Waals surface area (Å²) in [4.78, 5) is 11.4. The third-order valence-electron chi connectivity index (χ3n) is 1.51. The molecule has 1 amide bonds. The molecule has 68 valence electrons. The molecule has 1 heterocycles. The number of amides is 1. The van der Waals surface area contributed by atoms with E-state index >= 15 is 0 Å². The molecule has 0 saturated carbocycles. The fraction of sp³-hybridized carbons (Fsp3) is 0.667. The summed E-state index contributed by atoms with van der Waals surface area (Å²) in [5, 5.41) is 14.7. The Hall–Kier alpha value is -0.750. The monoisotopic (exact) mass is 189 g/mol. The molecule has 6 heteroatoms. The summed E-state index contributed by atoms with van der Waals surface area (Å²) in [6.45, 7) is 1.78. The third kappa shape index (κ3) is 1.39. The number of carbonyl (C=O) groups excluding carboxylic acids is 1. The number of thioether (sulfide) groups is 1.